The second kappa shape index (κ2) is 7.61. The molecule has 0 spiro atoms. The van der Waals surface area contributed by atoms with Crippen molar-refractivity contribution in [2.45, 2.75) is 32.4 Å². The first-order valence-corrected chi connectivity index (χ1v) is 8.51. The van der Waals surface area contributed by atoms with Crippen LogP contribution >= 0.6 is 11.6 Å². The SMILES string of the molecule is CC(Cn1cccn1)NC(=O)C1CCN(c2ccc(Cl)nn2)CC1. The van der Waals surface area contributed by atoms with Gasteiger partial charge in [0.2, 0.25) is 5.91 Å². The largest absolute Gasteiger partial charge is 0.355 e. The third kappa shape index (κ3) is 4.23. The van der Waals surface area contributed by atoms with E-state index in [1.165, 1.54) is 0 Å². The van der Waals surface area contributed by atoms with Gasteiger partial charge in [0.25, 0.3) is 0 Å². The summed E-state index contributed by atoms with van der Waals surface area (Å²) < 4.78 is 1.83. The first-order chi connectivity index (χ1) is 11.6. The Balaban J connectivity index is 1.47. The van der Waals surface area contributed by atoms with E-state index in [4.69, 9.17) is 11.6 Å². The van der Waals surface area contributed by atoms with Gasteiger partial charge in [-0.05, 0) is 38.0 Å². The van der Waals surface area contributed by atoms with Gasteiger partial charge in [0.1, 0.15) is 0 Å². The molecule has 2 aromatic heterocycles. The molecule has 3 heterocycles. The lowest BCUT2D eigenvalue weighted by molar-refractivity contribution is -0.126. The third-order valence-electron chi connectivity index (χ3n) is 4.22. The van der Waals surface area contributed by atoms with Crippen molar-refractivity contribution in [2.75, 3.05) is 18.0 Å². The van der Waals surface area contributed by atoms with Gasteiger partial charge in [-0.1, -0.05) is 11.6 Å². The summed E-state index contributed by atoms with van der Waals surface area (Å²) in [4.78, 5) is 14.6. The van der Waals surface area contributed by atoms with E-state index >= 15 is 0 Å². The predicted molar refractivity (Wildman–Crippen MR) is 91.8 cm³/mol. The van der Waals surface area contributed by atoms with E-state index < -0.39 is 0 Å². The average Bonchev–Trinajstić information content (AvgIpc) is 3.08. The third-order valence-corrected chi connectivity index (χ3v) is 4.42. The minimum Gasteiger partial charge on any atom is -0.355 e. The molecule has 1 aliphatic heterocycles. The highest BCUT2D eigenvalue weighted by Gasteiger charge is 2.26. The van der Waals surface area contributed by atoms with E-state index in [2.05, 4.69) is 25.5 Å². The standard InChI is InChI=1S/C16H21ClN6O/c1-12(11-23-8-2-7-18-23)19-16(24)13-5-9-22(10-6-13)15-4-3-14(17)20-21-15/h2-4,7-8,12-13H,5-6,9-11H2,1H3,(H,19,24). The molecule has 24 heavy (non-hydrogen) atoms. The Bertz CT molecular complexity index is 652. The number of anilines is 1. The number of hydrogen-bond donors (Lipinski definition) is 1. The molecule has 0 aromatic carbocycles. The first-order valence-electron chi connectivity index (χ1n) is 8.14. The van der Waals surface area contributed by atoms with Crippen LogP contribution in [0.4, 0.5) is 5.82 Å². The fourth-order valence-corrected chi connectivity index (χ4v) is 3.04. The van der Waals surface area contributed by atoms with E-state index in [0.29, 0.717) is 11.7 Å². The van der Waals surface area contributed by atoms with E-state index in [1.807, 2.05) is 29.9 Å². The van der Waals surface area contributed by atoms with Gasteiger partial charge >= 0.3 is 0 Å². The van der Waals surface area contributed by atoms with Crippen LogP contribution in [0.25, 0.3) is 0 Å². The van der Waals surface area contributed by atoms with Crippen LogP contribution in [0.1, 0.15) is 19.8 Å². The van der Waals surface area contributed by atoms with Crippen molar-refractivity contribution in [3.05, 3.63) is 35.7 Å². The Labute approximate surface area is 146 Å². The minimum atomic E-state index is 0.0431. The second-order valence-corrected chi connectivity index (χ2v) is 6.50. The zero-order valence-corrected chi connectivity index (χ0v) is 14.4. The van der Waals surface area contributed by atoms with Crippen LogP contribution in [-0.4, -0.2) is 45.0 Å². The summed E-state index contributed by atoms with van der Waals surface area (Å²) >= 11 is 5.76. The molecular weight excluding hydrogens is 328 g/mol. The van der Waals surface area contributed by atoms with Crippen molar-refractivity contribution in [3.63, 3.8) is 0 Å². The number of halogens is 1. The lowest BCUT2D eigenvalue weighted by atomic mass is 9.95. The van der Waals surface area contributed by atoms with Crippen LogP contribution in [-0.2, 0) is 11.3 Å². The van der Waals surface area contributed by atoms with Crippen molar-refractivity contribution in [1.29, 1.82) is 0 Å². The molecule has 1 atom stereocenters. The van der Waals surface area contributed by atoms with Crippen molar-refractivity contribution < 1.29 is 4.79 Å². The molecule has 3 rings (SSSR count). The van der Waals surface area contributed by atoms with E-state index in [0.717, 1.165) is 31.7 Å². The lowest BCUT2D eigenvalue weighted by Crippen LogP contribution is -2.44. The highest BCUT2D eigenvalue weighted by atomic mass is 35.5. The molecule has 1 aliphatic rings. The van der Waals surface area contributed by atoms with Gasteiger partial charge in [0.15, 0.2) is 11.0 Å². The normalized spacial score (nSPS) is 16.8. The van der Waals surface area contributed by atoms with Gasteiger partial charge in [0, 0.05) is 37.4 Å². The molecule has 0 radical (unpaired) electrons. The van der Waals surface area contributed by atoms with Crippen molar-refractivity contribution in [3.8, 4) is 0 Å². The van der Waals surface area contributed by atoms with Crippen LogP contribution in [0.3, 0.4) is 0 Å². The van der Waals surface area contributed by atoms with Crippen molar-refractivity contribution in [1.82, 2.24) is 25.3 Å². The highest BCUT2D eigenvalue weighted by Crippen LogP contribution is 2.22. The summed E-state index contributed by atoms with van der Waals surface area (Å²) in [6, 6.07) is 5.53. The Morgan fingerprint density at radius 2 is 2.17 bits per heavy atom. The van der Waals surface area contributed by atoms with Crippen LogP contribution in [0.5, 0.6) is 0 Å². The number of rotatable bonds is 5. The van der Waals surface area contributed by atoms with Gasteiger partial charge in [-0.15, -0.1) is 10.2 Å². The molecule has 0 aliphatic carbocycles. The Morgan fingerprint density at radius 1 is 1.38 bits per heavy atom. The van der Waals surface area contributed by atoms with Crippen molar-refractivity contribution >= 4 is 23.3 Å². The Hall–Kier alpha value is -2.15. The van der Waals surface area contributed by atoms with E-state index in [-0.39, 0.29) is 17.9 Å². The zero-order valence-electron chi connectivity index (χ0n) is 13.6. The van der Waals surface area contributed by atoms with Crippen LogP contribution < -0.4 is 10.2 Å². The van der Waals surface area contributed by atoms with Gasteiger partial charge in [-0.25, -0.2) is 0 Å². The fraction of sp³-hybridized carbons (Fsp3) is 0.500. The maximum Gasteiger partial charge on any atom is 0.223 e. The maximum absolute atomic E-state index is 12.4. The molecule has 8 heteroatoms. The van der Waals surface area contributed by atoms with Gasteiger partial charge < -0.3 is 10.2 Å². The van der Waals surface area contributed by atoms with E-state index in [1.54, 1.807) is 12.3 Å². The molecule has 0 saturated carbocycles. The smallest absolute Gasteiger partial charge is 0.223 e. The number of nitrogens with zero attached hydrogens (tertiary/aromatic N) is 5. The summed E-state index contributed by atoms with van der Waals surface area (Å²) in [6.45, 7) is 4.26. The molecule has 7 nitrogen and oxygen atoms in total. The Kier molecular flexibility index (Phi) is 5.30. The summed E-state index contributed by atoms with van der Waals surface area (Å²) in [5.74, 6) is 0.975. The summed E-state index contributed by atoms with van der Waals surface area (Å²) in [5.41, 5.74) is 0. The number of carbonyl (C=O) groups is 1. The topological polar surface area (TPSA) is 75.9 Å². The second-order valence-electron chi connectivity index (χ2n) is 6.11. The molecule has 2 aromatic rings. The lowest BCUT2D eigenvalue weighted by Gasteiger charge is -2.32. The number of aromatic nitrogens is 4. The summed E-state index contributed by atoms with van der Waals surface area (Å²) in [6.07, 6.45) is 5.26. The van der Waals surface area contributed by atoms with Gasteiger partial charge in [-0.2, -0.15) is 5.10 Å². The fourth-order valence-electron chi connectivity index (χ4n) is 2.94. The summed E-state index contributed by atoms with van der Waals surface area (Å²) in [5, 5.41) is 15.6. The molecule has 1 N–H and O–H groups in total. The van der Waals surface area contributed by atoms with Crippen LogP contribution in [0.15, 0.2) is 30.6 Å². The van der Waals surface area contributed by atoms with Crippen LogP contribution in [0.2, 0.25) is 5.15 Å². The van der Waals surface area contributed by atoms with Gasteiger partial charge in [0.05, 0.1) is 6.54 Å². The number of hydrogen-bond acceptors (Lipinski definition) is 5. The Morgan fingerprint density at radius 3 is 2.79 bits per heavy atom. The van der Waals surface area contributed by atoms with Gasteiger partial charge in [-0.3, -0.25) is 9.48 Å². The number of carbonyl (C=O) groups excluding carboxylic acids is 1. The number of amides is 1. The predicted octanol–water partition coefficient (Wildman–Crippen LogP) is 1.75. The van der Waals surface area contributed by atoms with Crippen LogP contribution in [0, 0.1) is 5.92 Å². The van der Waals surface area contributed by atoms with E-state index in [9.17, 15) is 4.79 Å². The summed E-state index contributed by atoms with van der Waals surface area (Å²) in [7, 11) is 0. The molecular formula is C16H21ClN6O. The molecule has 1 amide bonds. The molecule has 1 fully saturated rings. The molecule has 1 unspecified atom stereocenters. The molecule has 128 valence electrons. The maximum atomic E-state index is 12.4. The highest BCUT2D eigenvalue weighted by molar-refractivity contribution is 6.29. The minimum absolute atomic E-state index is 0.0431. The number of nitrogens with one attached hydrogen (secondary N) is 1. The van der Waals surface area contributed by atoms with Crippen molar-refractivity contribution in [2.24, 2.45) is 5.92 Å². The monoisotopic (exact) mass is 348 g/mol. The quantitative estimate of drug-likeness (QED) is 0.890. The zero-order chi connectivity index (χ0) is 16.9. The molecule has 0 bridgehead atoms. The average molecular weight is 349 g/mol. The first kappa shape index (κ1) is 16.7. The molecule has 1 saturated heterocycles. The number of piperidine rings is 1.